The van der Waals surface area contributed by atoms with Crippen molar-refractivity contribution in [1.29, 1.82) is 0 Å². The van der Waals surface area contributed by atoms with Gasteiger partial charge in [-0.25, -0.2) is 17.5 Å². The van der Waals surface area contributed by atoms with Crippen LogP contribution in [-0.2, 0) is 14.8 Å². The lowest BCUT2D eigenvalue weighted by molar-refractivity contribution is -0.115. The molecule has 2 rings (SSSR count). The number of nitrogens with one attached hydrogen (secondary N) is 2. The van der Waals surface area contributed by atoms with Crippen LogP contribution < -0.4 is 10.0 Å². The van der Waals surface area contributed by atoms with E-state index in [-0.39, 0.29) is 4.90 Å². The van der Waals surface area contributed by atoms with Gasteiger partial charge in [-0.1, -0.05) is 23.8 Å². The van der Waals surface area contributed by atoms with Crippen LogP contribution in [-0.4, -0.2) is 20.9 Å². The number of benzene rings is 2. The predicted molar refractivity (Wildman–Crippen MR) is 90.9 cm³/mol. The highest BCUT2D eigenvalue weighted by Gasteiger charge is 2.16. The summed E-state index contributed by atoms with van der Waals surface area (Å²) in [5.41, 5.74) is 3.54. The molecule has 0 heterocycles. The molecule has 7 heteroatoms. The maximum Gasteiger partial charge on any atom is 0.241 e. The van der Waals surface area contributed by atoms with Crippen LogP contribution in [0.15, 0.2) is 41.3 Å². The van der Waals surface area contributed by atoms with E-state index in [1.165, 1.54) is 12.1 Å². The zero-order valence-electron chi connectivity index (χ0n) is 13.7. The van der Waals surface area contributed by atoms with Crippen molar-refractivity contribution in [3.8, 4) is 0 Å². The van der Waals surface area contributed by atoms with Crippen molar-refractivity contribution < 1.29 is 17.6 Å². The molecule has 0 aromatic heterocycles. The first-order valence-corrected chi connectivity index (χ1v) is 8.80. The number of aryl methyl sites for hydroxylation is 3. The molecular formula is C17H19FN2O3S. The first kappa shape index (κ1) is 18.1. The third kappa shape index (κ3) is 4.39. The fraction of sp³-hybridized carbons (Fsp3) is 0.235. The van der Waals surface area contributed by atoms with Crippen LogP contribution in [0.5, 0.6) is 0 Å². The molecular weight excluding hydrogens is 331 g/mol. The fourth-order valence-electron chi connectivity index (χ4n) is 2.44. The van der Waals surface area contributed by atoms with Gasteiger partial charge < -0.3 is 5.32 Å². The van der Waals surface area contributed by atoms with E-state index in [0.29, 0.717) is 5.69 Å². The lowest BCUT2D eigenvalue weighted by Crippen LogP contribution is -2.33. The van der Waals surface area contributed by atoms with Crippen LogP contribution in [0.2, 0.25) is 0 Å². The van der Waals surface area contributed by atoms with Crippen molar-refractivity contribution in [3.63, 3.8) is 0 Å². The van der Waals surface area contributed by atoms with Crippen molar-refractivity contribution in [3.05, 3.63) is 58.9 Å². The number of sulfonamides is 1. The summed E-state index contributed by atoms with van der Waals surface area (Å²) in [6.07, 6.45) is 0. The Morgan fingerprint density at radius 2 is 1.71 bits per heavy atom. The average molecular weight is 350 g/mol. The van der Waals surface area contributed by atoms with Crippen LogP contribution in [0.1, 0.15) is 16.7 Å². The molecule has 0 saturated heterocycles. The van der Waals surface area contributed by atoms with Gasteiger partial charge in [-0.05, 0) is 50.1 Å². The Labute approximate surface area is 141 Å². The predicted octanol–water partition coefficient (Wildman–Crippen LogP) is 2.67. The van der Waals surface area contributed by atoms with Crippen molar-refractivity contribution in [2.75, 3.05) is 11.9 Å². The topological polar surface area (TPSA) is 75.3 Å². The Morgan fingerprint density at radius 3 is 2.29 bits per heavy atom. The van der Waals surface area contributed by atoms with E-state index in [2.05, 4.69) is 10.0 Å². The molecule has 0 atom stereocenters. The number of carbonyl (C=O) groups excluding carboxylic acids is 1. The molecule has 5 nitrogen and oxygen atoms in total. The number of amides is 1. The van der Waals surface area contributed by atoms with Gasteiger partial charge in [0.05, 0.1) is 11.4 Å². The molecule has 128 valence electrons. The molecule has 0 aliphatic heterocycles. The summed E-state index contributed by atoms with van der Waals surface area (Å²) in [5, 5.41) is 2.70. The number of hydrogen-bond donors (Lipinski definition) is 2. The molecule has 2 aromatic carbocycles. The van der Waals surface area contributed by atoms with Gasteiger partial charge in [-0.3, -0.25) is 4.79 Å². The number of carbonyl (C=O) groups is 1. The lowest BCUT2D eigenvalue weighted by Gasteiger charge is -2.13. The third-order valence-corrected chi connectivity index (χ3v) is 4.87. The molecule has 1 amide bonds. The van der Waals surface area contributed by atoms with Crippen LogP contribution in [0.4, 0.5) is 10.1 Å². The van der Waals surface area contributed by atoms with E-state index in [9.17, 15) is 17.6 Å². The Bertz CT molecular complexity index is 856. The van der Waals surface area contributed by atoms with Crippen molar-refractivity contribution in [2.45, 2.75) is 25.7 Å². The Morgan fingerprint density at radius 1 is 1.08 bits per heavy atom. The quantitative estimate of drug-likeness (QED) is 0.870. The second kappa shape index (κ2) is 7.11. The molecule has 0 unspecified atom stereocenters. The molecule has 2 N–H and O–H groups in total. The molecule has 0 aliphatic carbocycles. The van der Waals surface area contributed by atoms with Gasteiger partial charge in [0.15, 0.2) is 0 Å². The minimum absolute atomic E-state index is 0.224. The Kier molecular flexibility index (Phi) is 5.36. The van der Waals surface area contributed by atoms with E-state index < -0.39 is 28.3 Å². The van der Waals surface area contributed by atoms with E-state index in [1.54, 1.807) is 0 Å². The van der Waals surface area contributed by atoms with Crippen LogP contribution in [0.3, 0.4) is 0 Å². The van der Waals surface area contributed by atoms with Gasteiger partial charge in [0.1, 0.15) is 5.82 Å². The highest BCUT2D eigenvalue weighted by Crippen LogP contribution is 2.21. The van der Waals surface area contributed by atoms with Crippen LogP contribution >= 0.6 is 0 Å². The number of hydrogen-bond acceptors (Lipinski definition) is 3. The Hall–Kier alpha value is -2.25. The van der Waals surface area contributed by atoms with Gasteiger partial charge in [-0.2, -0.15) is 0 Å². The molecule has 0 bridgehead atoms. The van der Waals surface area contributed by atoms with E-state index >= 15 is 0 Å². The van der Waals surface area contributed by atoms with Crippen LogP contribution in [0.25, 0.3) is 0 Å². The van der Waals surface area contributed by atoms with E-state index in [0.717, 1.165) is 28.8 Å². The monoisotopic (exact) mass is 350 g/mol. The zero-order valence-corrected chi connectivity index (χ0v) is 14.5. The average Bonchev–Trinajstić information content (AvgIpc) is 2.49. The summed E-state index contributed by atoms with van der Waals surface area (Å²) in [4.78, 5) is 11.8. The minimum Gasteiger partial charge on any atom is -0.324 e. The lowest BCUT2D eigenvalue weighted by atomic mass is 10.1. The smallest absolute Gasteiger partial charge is 0.241 e. The number of rotatable bonds is 5. The van der Waals surface area contributed by atoms with Gasteiger partial charge in [0, 0.05) is 5.69 Å². The van der Waals surface area contributed by atoms with Crippen molar-refractivity contribution in [2.24, 2.45) is 0 Å². The summed E-state index contributed by atoms with van der Waals surface area (Å²) < 4.78 is 39.4. The van der Waals surface area contributed by atoms with E-state index in [1.807, 2.05) is 32.9 Å². The number of halogens is 1. The van der Waals surface area contributed by atoms with Gasteiger partial charge in [0.2, 0.25) is 15.9 Å². The largest absolute Gasteiger partial charge is 0.324 e. The summed E-state index contributed by atoms with van der Waals surface area (Å²) >= 11 is 0. The van der Waals surface area contributed by atoms with Gasteiger partial charge >= 0.3 is 0 Å². The maximum atomic E-state index is 13.1. The molecule has 0 spiro atoms. The fourth-order valence-corrected chi connectivity index (χ4v) is 3.45. The summed E-state index contributed by atoms with van der Waals surface area (Å²) in [5.74, 6) is -1.15. The first-order chi connectivity index (χ1) is 11.2. The maximum absolute atomic E-state index is 13.1. The van der Waals surface area contributed by atoms with Crippen LogP contribution in [0, 0.1) is 26.6 Å². The molecule has 24 heavy (non-hydrogen) atoms. The Balaban J connectivity index is 2.06. The summed E-state index contributed by atoms with van der Waals surface area (Å²) in [7, 11) is -3.95. The molecule has 0 radical (unpaired) electrons. The normalized spacial score (nSPS) is 11.3. The molecule has 2 aromatic rings. The second-order valence-corrected chi connectivity index (χ2v) is 7.37. The molecule has 0 fully saturated rings. The second-order valence-electron chi connectivity index (χ2n) is 5.60. The number of anilines is 1. The van der Waals surface area contributed by atoms with Crippen molar-refractivity contribution in [1.82, 2.24) is 4.72 Å². The third-order valence-electron chi connectivity index (χ3n) is 3.47. The zero-order chi connectivity index (χ0) is 17.9. The highest BCUT2D eigenvalue weighted by atomic mass is 32.2. The summed E-state index contributed by atoms with van der Waals surface area (Å²) in [6, 6.07) is 8.46. The molecule has 0 aliphatic rings. The standard InChI is InChI=1S/C17H19FN2O3S/c1-11-7-12(2)17(13(3)8-11)20-16(21)10-19-24(22,23)15-6-4-5-14(18)9-15/h4-9,19H,10H2,1-3H3,(H,20,21). The summed E-state index contributed by atoms with van der Waals surface area (Å²) in [6.45, 7) is 5.25. The van der Waals surface area contributed by atoms with Gasteiger partial charge in [0.25, 0.3) is 0 Å². The van der Waals surface area contributed by atoms with Gasteiger partial charge in [-0.15, -0.1) is 0 Å². The minimum atomic E-state index is -3.95. The highest BCUT2D eigenvalue weighted by molar-refractivity contribution is 7.89. The SMILES string of the molecule is Cc1cc(C)c(NC(=O)CNS(=O)(=O)c2cccc(F)c2)c(C)c1. The molecule has 0 saturated carbocycles. The first-order valence-electron chi connectivity index (χ1n) is 7.32. The van der Waals surface area contributed by atoms with E-state index in [4.69, 9.17) is 0 Å². The van der Waals surface area contributed by atoms with Crippen molar-refractivity contribution >= 4 is 21.6 Å².